The summed E-state index contributed by atoms with van der Waals surface area (Å²) in [6.07, 6.45) is 0. The highest BCUT2D eigenvalue weighted by Gasteiger charge is 2.12. The Balaban J connectivity index is 2.51. The number of Topliss-reactive ketones (excluding diaryl/α,β-unsaturated/α-hetero) is 1. The number of rotatable bonds is 2. The summed E-state index contributed by atoms with van der Waals surface area (Å²) in [5, 5.41) is 2.37. The number of alkyl halides is 1. The van der Waals surface area contributed by atoms with Crippen molar-refractivity contribution in [2.75, 3.05) is 0 Å². The lowest BCUT2D eigenvalue weighted by Crippen LogP contribution is -2.00. The van der Waals surface area contributed by atoms with E-state index in [0.29, 0.717) is 0 Å². The molecule has 0 spiro atoms. The minimum Gasteiger partial charge on any atom is -0.298 e. The van der Waals surface area contributed by atoms with Gasteiger partial charge >= 0.3 is 0 Å². The van der Waals surface area contributed by atoms with Crippen molar-refractivity contribution in [3.63, 3.8) is 0 Å². The van der Waals surface area contributed by atoms with Crippen LogP contribution in [0.15, 0.2) is 42.5 Å². The van der Waals surface area contributed by atoms with Crippen LogP contribution in [0.2, 0.25) is 0 Å². The first-order chi connectivity index (χ1) is 7.18. The molecule has 1 unspecified atom stereocenters. The molecule has 0 aliphatic carbocycles. The average Bonchev–Trinajstić information content (AvgIpc) is 2.27. The lowest BCUT2D eigenvalue weighted by atomic mass is 10.0. The fourth-order valence-corrected chi connectivity index (χ4v) is 1.88. The van der Waals surface area contributed by atoms with Crippen LogP contribution in [-0.2, 0) is 4.79 Å². The highest BCUT2D eigenvalue weighted by molar-refractivity contribution is 9.09. The van der Waals surface area contributed by atoms with Crippen molar-refractivity contribution in [1.29, 1.82) is 0 Å². The van der Waals surface area contributed by atoms with Crippen molar-refractivity contribution in [2.45, 2.75) is 11.8 Å². The van der Waals surface area contributed by atoms with Gasteiger partial charge in [-0.1, -0.05) is 52.3 Å². The second kappa shape index (κ2) is 4.15. The summed E-state index contributed by atoms with van der Waals surface area (Å²) in [5.41, 5.74) is 1.02. The smallest absolute Gasteiger partial charge is 0.147 e. The standard InChI is InChI=1S/C13H11BrO/c1-9(15)13(14)12-7-6-10-4-2-3-5-11(10)8-12/h2-8,13H,1H3. The number of ketones is 1. The van der Waals surface area contributed by atoms with E-state index in [4.69, 9.17) is 0 Å². The molecule has 2 aromatic rings. The maximum absolute atomic E-state index is 11.2. The fraction of sp³-hybridized carbons (Fsp3) is 0.154. The molecule has 0 radical (unpaired) electrons. The van der Waals surface area contributed by atoms with E-state index in [1.54, 1.807) is 6.92 Å². The first-order valence-corrected chi connectivity index (χ1v) is 5.73. The van der Waals surface area contributed by atoms with Gasteiger partial charge in [0.15, 0.2) is 0 Å². The molecule has 0 amide bonds. The molecule has 15 heavy (non-hydrogen) atoms. The molecular weight excluding hydrogens is 252 g/mol. The van der Waals surface area contributed by atoms with E-state index in [-0.39, 0.29) is 10.6 Å². The fourth-order valence-electron chi connectivity index (χ4n) is 1.60. The van der Waals surface area contributed by atoms with E-state index >= 15 is 0 Å². The van der Waals surface area contributed by atoms with Gasteiger partial charge in [0.2, 0.25) is 0 Å². The minimum atomic E-state index is -0.192. The molecule has 76 valence electrons. The molecule has 2 rings (SSSR count). The van der Waals surface area contributed by atoms with Crippen LogP contribution in [0.5, 0.6) is 0 Å². The zero-order valence-electron chi connectivity index (χ0n) is 8.41. The summed E-state index contributed by atoms with van der Waals surface area (Å²) < 4.78 is 0. The van der Waals surface area contributed by atoms with Crippen LogP contribution in [0.4, 0.5) is 0 Å². The molecule has 0 saturated carbocycles. The van der Waals surface area contributed by atoms with Gasteiger partial charge in [0.1, 0.15) is 5.78 Å². The maximum atomic E-state index is 11.2. The Morgan fingerprint density at radius 2 is 1.80 bits per heavy atom. The van der Waals surface area contributed by atoms with Gasteiger partial charge in [-0.2, -0.15) is 0 Å². The zero-order valence-corrected chi connectivity index (χ0v) is 9.99. The molecular formula is C13H11BrO. The predicted molar refractivity (Wildman–Crippen MR) is 66.3 cm³/mol. The van der Waals surface area contributed by atoms with Gasteiger partial charge in [0.25, 0.3) is 0 Å². The van der Waals surface area contributed by atoms with Crippen molar-refractivity contribution >= 4 is 32.5 Å². The van der Waals surface area contributed by atoms with Gasteiger partial charge < -0.3 is 0 Å². The average molecular weight is 263 g/mol. The summed E-state index contributed by atoms with van der Waals surface area (Å²) >= 11 is 3.39. The van der Waals surface area contributed by atoms with Gasteiger partial charge in [-0.05, 0) is 29.3 Å². The lowest BCUT2D eigenvalue weighted by molar-refractivity contribution is -0.116. The largest absolute Gasteiger partial charge is 0.298 e. The van der Waals surface area contributed by atoms with Crippen LogP contribution in [0.1, 0.15) is 17.3 Å². The van der Waals surface area contributed by atoms with Gasteiger partial charge in [-0.15, -0.1) is 0 Å². The highest BCUT2D eigenvalue weighted by Crippen LogP contribution is 2.26. The number of benzene rings is 2. The third-order valence-corrected chi connectivity index (χ3v) is 3.60. The Morgan fingerprint density at radius 1 is 1.13 bits per heavy atom. The van der Waals surface area contributed by atoms with Gasteiger partial charge in [0, 0.05) is 0 Å². The number of carbonyl (C=O) groups excluding carboxylic acids is 1. The Kier molecular flexibility index (Phi) is 2.87. The highest BCUT2D eigenvalue weighted by atomic mass is 79.9. The molecule has 0 fully saturated rings. The first kappa shape index (κ1) is 10.4. The summed E-state index contributed by atoms with van der Waals surface area (Å²) in [5.74, 6) is 0.130. The summed E-state index contributed by atoms with van der Waals surface area (Å²) in [6, 6.07) is 14.2. The van der Waals surface area contributed by atoms with E-state index in [1.165, 1.54) is 10.8 Å². The Bertz CT molecular complexity index is 505. The summed E-state index contributed by atoms with van der Waals surface area (Å²) in [7, 11) is 0. The van der Waals surface area contributed by atoms with E-state index < -0.39 is 0 Å². The monoisotopic (exact) mass is 262 g/mol. The quantitative estimate of drug-likeness (QED) is 0.752. The molecule has 2 aromatic carbocycles. The van der Waals surface area contributed by atoms with E-state index in [2.05, 4.69) is 34.1 Å². The zero-order chi connectivity index (χ0) is 10.8. The van der Waals surface area contributed by atoms with Gasteiger partial charge in [-0.25, -0.2) is 0 Å². The molecule has 1 nitrogen and oxygen atoms in total. The molecule has 0 heterocycles. The van der Waals surface area contributed by atoms with E-state index in [9.17, 15) is 4.79 Å². The SMILES string of the molecule is CC(=O)C(Br)c1ccc2ccccc2c1. The Labute approximate surface area is 97.2 Å². The number of hydrogen-bond donors (Lipinski definition) is 0. The first-order valence-electron chi connectivity index (χ1n) is 4.82. The van der Waals surface area contributed by atoms with Crippen LogP contribution < -0.4 is 0 Å². The number of halogens is 1. The van der Waals surface area contributed by atoms with Crippen LogP contribution in [-0.4, -0.2) is 5.78 Å². The molecule has 0 bridgehead atoms. The van der Waals surface area contributed by atoms with Crippen molar-refractivity contribution < 1.29 is 4.79 Å². The third kappa shape index (κ3) is 2.10. The Hall–Kier alpha value is -1.15. The van der Waals surface area contributed by atoms with Crippen LogP contribution in [0, 0.1) is 0 Å². The van der Waals surface area contributed by atoms with Crippen molar-refractivity contribution in [3.05, 3.63) is 48.0 Å². The summed E-state index contributed by atoms with van der Waals surface area (Å²) in [6.45, 7) is 1.59. The van der Waals surface area contributed by atoms with Crippen LogP contribution in [0.25, 0.3) is 10.8 Å². The van der Waals surface area contributed by atoms with Crippen molar-refractivity contribution in [3.8, 4) is 0 Å². The topological polar surface area (TPSA) is 17.1 Å². The van der Waals surface area contributed by atoms with E-state index in [1.807, 2.05) is 24.3 Å². The molecule has 1 atom stereocenters. The third-order valence-electron chi connectivity index (χ3n) is 2.42. The van der Waals surface area contributed by atoms with Crippen molar-refractivity contribution in [1.82, 2.24) is 0 Å². The summed E-state index contributed by atoms with van der Waals surface area (Å²) in [4.78, 5) is 11.0. The maximum Gasteiger partial charge on any atom is 0.147 e. The number of carbonyl (C=O) groups is 1. The molecule has 2 heteroatoms. The van der Waals surface area contributed by atoms with Gasteiger partial charge in [-0.3, -0.25) is 4.79 Å². The predicted octanol–water partition coefficient (Wildman–Crippen LogP) is 3.86. The van der Waals surface area contributed by atoms with E-state index in [0.717, 1.165) is 5.56 Å². The minimum absolute atomic E-state index is 0.130. The van der Waals surface area contributed by atoms with Gasteiger partial charge in [0.05, 0.1) is 4.83 Å². The van der Waals surface area contributed by atoms with Crippen LogP contribution >= 0.6 is 15.9 Å². The second-order valence-corrected chi connectivity index (χ2v) is 4.50. The molecule has 0 aliphatic rings. The van der Waals surface area contributed by atoms with Crippen molar-refractivity contribution in [2.24, 2.45) is 0 Å². The molecule has 0 aliphatic heterocycles. The normalized spacial score (nSPS) is 12.7. The molecule has 0 N–H and O–H groups in total. The molecule has 0 saturated heterocycles. The number of fused-ring (bicyclic) bond motifs is 1. The van der Waals surface area contributed by atoms with Crippen LogP contribution in [0.3, 0.4) is 0 Å². The number of hydrogen-bond acceptors (Lipinski definition) is 1. The molecule has 0 aromatic heterocycles. The Morgan fingerprint density at radius 3 is 2.47 bits per heavy atom. The second-order valence-electron chi connectivity index (χ2n) is 3.58. The lowest BCUT2D eigenvalue weighted by Gasteiger charge is -2.07.